The van der Waals surface area contributed by atoms with Gasteiger partial charge in [0.2, 0.25) is 21.8 Å². The molecule has 0 heterocycles. The highest BCUT2D eigenvalue weighted by molar-refractivity contribution is 7.92. The van der Waals surface area contributed by atoms with Crippen LogP contribution in [0, 0.1) is 17.0 Å². The Hall–Kier alpha value is -4.45. The number of aryl methyl sites for hydroxylation is 1. The molecule has 2 amide bonds. The summed E-state index contributed by atoms with van der Waals surface area (Å²) in [6.07, 6.45) is 5.95. The van der Waals surface area contributed by atoms with Crippen molar-refractivity contribution in [1.29, 1.82) is 0 Å². The molecule has 0 aliphatic heterocycles. The average Bonchev–Trinajstić information content (AvgIpc) is 3.01. The standard InChI is InChI=1S/C33H40N4O7S/c1-24-11-10-14-26(19-24)22-35(30(20-25-12-6-4-7-13-25)33(39)34-27-15-8-5-9-16-27)32(38)23-36(45(3,42)43)29-21-28(37(40)41)17-18-31(29)44-2/h4,6-7,10-14,17-19,21,27,30H,5,8-9,15-16,20,22-23H2,1-3H3,(H,34,39)/t30-/m1/s1. The Labute approximate surface area is 264 Å². The minimum atomic E-state index is -4.15. The lowest BCUT2D eigenvalue weighted by molar-refractivity contribution is -0.384. The number of rotatable bonds is 13. The summed E-state index contributed by atoms with van der Waals surface area (Å²) in [6.45, 7) is 1.26. The van der Waals surface area contributed by atoms with E-state index in [9.17, 15) is 28.1 Å². The summed E-state index contributed by atoms with van der Waals surface area (Å²) in [7, 11) is -2.84. The first-order valence-electron chi connectivity index (χ1n) is 15.0. The van der Waals surface area contributed by atoms with Crippen molar-refractivity contribution in [2.24, 2.45) is 0 Å². The zero-order valence-corrected chi connectivity index (χ0v) is 26.7. The lowest BCUT2D eigenvalue weighted by Crippen LogP contribution is -2.55. The lowest BCUT2D eigenvalue weighted by Gasteiger charge is -2.35. The van der Waals surface area contributed by atoms with Crippen molar-refractivity contribution in [2.45, 2.75) is 64.1 Å². The van der Waals surface area contributed by atoms with Crippen LogP contribution < -0.4 is 14.4 Å². The van der Waals surface area contributed by atoms with Gasteiger partial charge in [-0.05, 0) is 37.0 Å². The zero-order valence-electron chi connectivity index (χ0n) is 25.8. The molecule has 1 saturated carbocycles. The van der Waals surface area contributed by atoms with Gasteiger partial charge in [0.15, 0.2) is 0 Å². The van der Waals surface area contributed by atoms with Crippen molar-refractivity contribution in [3.05, 3.63) is 99.6 Å². The first kappa shape index (κ1) is 33.4. The predicted molar refractivity (Wildman–Crippen MR) is 173 cm³/mol. The van der Waals surface area contributed by atoms with Gasteiger partial charge in [-0.25, -0.2) is 8.42 Å². The monoisotopic (exact) mass is 636 g/mol. The minimum absolute atomic E-state index is 0.0120. The first-order chi connectivity index (χ1) is 21.5. The van der Waals surface area contributed by atoms with E-state index in [0.29, 0.717) is 0 Å². The number of ether oxygens (including phenoxy) is 1. The Kier molecular flexibility index (Phi) is 11.2. The number of nitro groups is 1. The van der Waals surface area contributed by atoms with Crippen molar-refractivity contribution in [1.82, 2.24) is 10.2 Å². The van der Waals surface area contributed by atoms with E-state index in [4.69, 9.17) is 4.74 Å². The number of nitro benzene ring substituents is 1. The molecule has 1 N–H and O–H groups in total. The van der Waals surface area contributed by atoms with Gasteiger partial charge in [0.25, 0.3) is 5.69 Å². The molecule has 3 aromatic rings. The molecule has 0 radical (unpaired) electrons. The maximum absolute atomic E-state index is 14.4. The van der Waals surface area contributed by atoms with E-state index in [-0.39, 0.29) is 42.0 Å². The second-order valence-corrected chi connectivity index (χ2v) is 13.3. The number of anilines is 1. The van der Waals surface area contributed by atoms with Gasteiger partial charge >= 0.3 is 0 Å². The second kappa shape index (κ2) is 15.0. The van der Waals surface area contributed by atoms with Gasteiger partial charge in [0, 0.05) is 31.1 Å². The van der Waals surface area contributed by atoms with Crippen LogP contribution in [0.15, 0.2) is 72.8 Å². The maximum atomic E-state index is 14.4. The fourth-order valence-corrected chi connectivity index (χ4v) is 6.53. The molecule has 0 spiro atoms. The molecule has 4 rings (SSSR count). The van der Waals surface area contributed by atoms with E-state index >= 15 is 0 Å². The zero-order chi connectivity index (χ0) is 32.6. The van der Waals surface area contributed by atoms with Crippen LogP contribution in [0.5, 0.6) is 5.75 Å². The summed E-state index contributed by atoms with van der Waals surface area (Å²) in [5.41, 5.74) is 2.06. The summed E-state index contributed by atoms with van der Waals surface area (Å²) in [4.78, 5) is 40.8. The van der Waals surface area contributed by atoms with E-state index in [1.54, 1.807) is 0 Å². The van der Waals surface area contributed by atoms with Crippen LogP contribution in [0.1, 0.15) is 48.8 Å². The number of non-ortho nitro benzene ring substituents is 1. The Morgan fingerprint density at radius 1 is 1.00 bits per heavy atom. The molecule has 1 fully saturated rings. The predicted octanol–water partition coefficient (Wildman–Crippen LogP) is 4.77. The number of hydrogen-bond donors (Lipinski definition) is 1. The number of hydrogen-bond acceptors (Lipinski definition) is 7. The van der Waals surface area contributed by atoms with Crippen molar-refractivity contribution in [3.63, 3.8) is 0 Å². The number of benzene rings is 3. The number of carbonyl (C=O) groups excluding carboxylic acids is 2. The largest absolute Gasteiger partial charge is 0.495 e. The Morgan fingerprint density at radius 3 is 2.31 bits per heavy atom. The molecule has 1 atom stereocenters. The molecule has 240 valence electrons. The summed E-state index contributed by atoms with van der Waals surface area (Å²) in [5.74, 6) is -0.916. The van der Waals surface area contributed by atoms with Crippen LogP contribution >= 0.6 is 0 Å². The molecule has 0 saturated heterocycles. The molecule has 1 aliphatic rings. The number of amides is 2. The van der Waals surface area contributed by atoms with Crippen LogP contribution in [-0.2, 0) is 32.6 Å². The molecule has 0 unspecified atom stereocenters. The van der Waals surface area contributed by atoms with Gasteiger partial charge in [-0.3, -0.25) is 24.0 Å². The highest BCUT2D eigenvalue weighted by Gasteiger charge is 2.35. The summed E-state index contributed by atoms with van der Waals surface area (Å²) in [6, 6.07) is 19.5. The summed E-state index contributed by atoms with van der Waals surface area (Å²) in [5, 5.41) is 14.7. The van der Waals surface area contributed by atoms with Gasteiger partial charge in [-0.1, -0.05) is 79.4 Å². The summed E-state index contributed by atoms with van der Waals surface area (Å²) < 4.78 is 32.4. The smallest absolute Gasteiger partial charge is 0.271 e. The van der Waals surface area contributed by atoms with Crippen LogP contribution in [-0.4, -0.2) is 62.0 Å². The molecular weight excluding hydrogens is 596 g/mol. The molecule has 11 nitrogen and oxygen atoms in total. The molecule has 3 aromatic carbocycles. The quantitative estimate of drug-likeness (QED) is 0.211. The number of nitrogens with one attached hydrogen (secondary N) is 1. The van der Waals surface area contributed by atoms with Gasteiger partial charge in [-0.15, -0.1) is 0 Å². The van der Waals surface area contributed by atoms with Gasteiger partial charge in [-0.2, -0.15) is 0 Å². The lowest BCUT2D eigenvalue weighted by atomic mass is 9.94. The van der Waals surface area contributed by atoms with E-state index in [2.05, 4.69) is 5.32 Å². The van der Waals surface area contributed by atoms with E-state index in [1.807, 2.05) is 61.5 Å². The van der Waals surface area contributed by atoms with Crippen molar-refractivity contribution >= 4 is 33.2 Å². The molecular formula is C33H40N4O7S. The Morgan fingerprint density at radius 2 is 1.69 bits per heavy atom. The number of methoxy groups -OCH3 is 1. The fraction of sp³-hybridized carbons (Fsp3) is 0.394. The van der Waals surface area contributed by atoms with Gasteiger partial charge < -0.3 is 15.0 Å². The molecule has 12 heteroatoms. The minimum Gasteiger partial charge on any atom is -0.495 e. The Bertz CT molecular complexity index is 1610. The van der Waals surface area contributed by atoms with Crippen LogP contribution in [0.25, 0.3) is 0 Å². The SMILES string of the molecule is COc1ccc([N+](=O)[O-])cc1N(CC(=O)N(Cc1cccc(C)c1)[C@H](Cc1ccccc1)C(=O)NC1CCCCC1)S(C)(=O)=O. The van der Waals surface area contributed by atoms with Gasteiger partial charge in [0.1, 0.15) is 24.0 Å². The van der Waals surface area contributed by atoms with E-state index < -0.39 is 33.4 Å². The molecule has 0 bridgehead atoms. The molecule has 0 aromatic heterocycles. The van der Waals surface area contributed by atoms with Crippen LogP contribution in [0.2, 0.25) is 0 Å². The van der Waals surface area contributed by atoms with Gasteiger partial charge in [0.05, 0.1) is 18.3 Å². The van der Waals surface area contributed by atoms with E-state index in [1.165, 1.54) is 24.1 Å². The third kappa shape index (κ3) is 9.04. The van der Waals surface area contributed by atoms with Crippen LogP contribution in [0.3, 0.4) is 0 Å². The highest BCUT2D eigenvalue weighted by atomic mass is 32.2. The normalized spacial score (nSPS) is 14.3. The molecule has 45 heavy (non-hydrogen) atoms. The van der Waals surface area contributed by atoms with Crippen molar-refractivity contribution < 1.29 is 27.7 Å². The number of carbonyl (C=O) groups is 2. The Balaban J connectivity index is 1.78. The third-order valence-corrected chi connectivity index (χ3v) is 9.11. The topological polar surface area (TPSA) is 139 Å². The van der Waals surface area contributed by atoms with Crippen molar-refractivity contribution in [3.8, 4) is 5.75 Å². The van der Waals surface area contributed by atoms with Crippen molar-refractivity contribution in [2.75, 3.05) is 24.2 Å². The maximum Gasteiger partial charge on any atom is 0.271 e. The molecule has 1 aliphatic carbocycles. The fourth-order valence-electron chi connectivity index (χ4n) is 5.69. The number of nitrogens with zero attached hydrogens (tertiary/aromatic N) is 3. The average molecular weight is 637 g/mol. The third-order valence-electron chi connectivity index (χ3n) is 7.98. The van der Waals surface area contributed by atoms with Crippen LogP contribution in [0.4, 0.5) is 11.4 Å². The number of sulfonamides is 1. The second-order valence-electron chi connectivity index (χ2n) is 11.4. The van der Waals surface area contributed by atoms with E-state index in [0.717, 1.165) is 65.4 Å². The summed E-state index contributed by atoms with van der Waals surface area (Å²) >= 11 is 0. The highest BCUT2D eigenvalue weighted by Crippen LogP contribution is 2.34. The first-order valence-corrected chi connectivity index (χ1v) is 16.8.